The molecule has 1 N–H and O–H groups in total. The Labute approximate surface area is 127 Å². The van der Waals surface area contributed by atoms with Gasteiger partial charge < -0.3 is 15.0 Å². The Kier molecular flexibility index (Phi) is 6.89. The van der Waals surface area contributed by atoms with Crippen molar-refractivity contribution in [1.29, 1.82) is 0 Å². The Bertz CT molecular complexity index is 427. The summed E-state index contributed by atoms with van der Waals surface area (Å²) in [6.45, 7) is 9.51. The minimum Gasteiger partial charge on any atom is -0.372 e. The lowest BCUT2D eigenvalue weighted by Gasteiger charge is -2.35. The van der Waals surface area contributed by atoms with Crippen LogP contribution in [-0.4, -0.2) is 74.3 Å². The number of hydrogen-bond acceptors (Lipinski definition) is 4. The predicted octanol–water partition coefficient (Wildman–Crippen LogP) is 0.477. The maximum Gasteiger partial charge on any atom is 0.317 e. The van der Waals surface area contributed by atoms with Crippen LogP contribution in [-0.2, 0) is 14.8 Å². The lowest BCUT2D eigenvalue weighted by atomic mass is 10.2. The quantitative estimate of drug-likeness (QED) is 0.771. The fourth-order valence-electron chi connectivity index (χ4n) is 2.49. The van der Waals surface area contributed by atoms with E-state index < -0.39 is 10.0 Å². The Hall–Kier alpha value is -0.860. The Morgan fingerprint density at radius 3 is 2.24 bits per heavy atom. The van der Waals surface area contributed by atoms with Gasteiger partial charge in [-0.05, 0) is 13.8 Å². The van der Waals surface area contributed by atoms with Gasteiger partial charge in [0.1, 0.15) is 0 Å². The smallest absolute Gasteiger partial charge is 0.317 e. The average Bonchev–Trinajstić information content (AvgIpc) is 2.38. The van der Waals surface area contributed by atoms with Gasteiger partial charge in [0.25, 0.3) is 0 Å². The van der Waals surface area contributed by atoms with Crippen LogP contribution in [0, 0.1) is 0 Å². The number of sulfonamides is 1. The van der Waals surface area contributed by atoms with Crippen LogP contribution in [0.15, 0.2) is 0 Å². The molecular weight excluding hydrogens is 294 g/mol. The molecule has 0 aromatic rings. The van der Waals surface area contributed by atoms with Gasteiger partial charge in [-0.15, -0.1) is 0 Å². The van der Waals surface area contributed by atoms with Gasteiger partial charge in [-0.3, -0.25) is 0 Å². The van der Waals surface area contributed by atoms with Gasteiger partial charge in [-0.25, -0.2) is 17.5 Å². The first-order chi connectivity index (χ1) is 9.80. The van der Waals surface area contributed by atoms with E-state index in [0.29, 0.717) is 26.2 Å². The third-order valence-corrected chi connectivity index (χ3v) is 5.47. The van der Waals surface area contributed by atoms with Crippen LogP contribution in [0.2, 0.25) is 0 Å². The number of nitrogens with zero attached hydrogens (tertiary/aromatic N) is 2. The minimum absolute atomic E-state index is 0.00101. The highest BCUT2D eigenvalue weighted by molar-refractivity contribution is 7.89. The van der Waals surface area contributed by atoms with Crippen LogP contribution < -0.4 is 5.32 Å². The van der Waals surface area contributed by atoms with E-state index in [1.54, 1.807) is 18.7 Å². The molecule has 1 rings (SSSR count). The molecule has 0 spiro atoms. The molecule has 0 radical (unpaired) electrons. The Balaban J connectivity index is 2.43. The van der Waals surface area contributed by atoms with Gasteiger partial charge in [0.05, 0.1) is 18.0 Å². The molecular formula is C13H27N3O4S. The SMILES string of the molecule is CCN(CC)S(=O)(=O)CCNC(=O)N1CC(C)OC(C)C1. The third-order valence-electron chi connectivity index (χ3n) is 3.44. The summed E-state index contributed by atoms with van der Waals surface area (Å²) in [6, 6.07) is -0.230. The fraction of sp³-hybridized carbons (Fsp3) is 0.923. The molecule has 1 saturated heterocycles. The Morgan fingerprint density at radius 2 is 1.76 bits per heavy atom. The number of morpholine rings is 1. The maximum atomic E-state index is 12.0. The predicted molar refractivity (Wildman–Crippen MR) is 81.7 cm³/mol. The van der Waals surface area contributed by atoms with Crippen LogP contribution in [0.4, 0.5) is 4.79 Å². The minimum atomic E-state index is -3.30. The highest BCUT2D eigenvalue weighted by Gasteiger charge is 2.26. The van der Waals surface area contributed by atoms with Crippen molar-refractivity contribution in [2.75, 3.05) is 38.5 Å². The lowest BCUT2D eigenvalue weighted by molar-refractivity contribution is -0.0544. The van der Waals surface area contributed by atoms with Crippen LogP contribution in [0.25, 0.3) is 0 Å². The zero-order valence-corrected chi connectivity index (χ0v) is 14.1. The average molecular weight is 321 g/mol. The van der Waals surface area contributed by atoms with Gasteiger partial charge in [0.15, 0.2) is 0 Å². The molecule has 124 valence electrons. The van der Waals surface area contributed by atoms with E-state index in [1.165, 1.54) is 4.31 Å². The van der Waals surface area contributed by atoms with Crippen LogP contribution in [0.1, 0.15) is 27.7 Å². The first-order valence-electron chi connectivity index (χ1n) is 7.46. The highest BCUT2D eigenvalue weighted by Crippen LogP contribution is 2.10. The van der Waals surface area contributed by atoms with Crippen molar-refractivity contribution in [3.8, 4) is 0 Å². The van der Waals surface area contributed by atoms with E-state index in [2.05, 4.69) is 5.32 Å². The molecule has 0 aromatic heterocycles. The van der Waals surface area contributed by atoms with Gasteiger partial charge in [-0.2, -0.15) is 0 Å². The molecule has 2 unspecified atom stereocenters. The second kappa shape index (κ2) is 7.95. The molecule has 8 heteroatoms. The second-order valence-corrected chi connectivity index (χ2v) is 7.38. The van der Waals surface area contributed by atoms with Gasteiger partial charge in [0.2, 0.25) is 10.0 Å². The van der Waals surface area contributed by atoms with E-state index in [-0.39, 0.29) is 30.5 Å². The molecule has 1 heterocycles. The largest absolute Gasteiger partial charge is 0.372 e. The number of rotatable bonds is 6. The molecule has 0 aromatic carbocycles. The molecule has 0 saturated carbocycles. The first-order valence-corrected chi connectivity index (χ1v) is 9.07. The summed E-state index contributed by atoms with van der Waals surface area (Å²) >= 11 is 0. The van der Waals surface area contributed by atoms with E-state index >= 15 is 0 Å². The van der Waals surface area contributed by atoms with Gasteiger partial charge >= 0.3 is 6.03 Å². The zero-order chi connectivity index (χ0) is 16.0. The summed E-state index contributed by atoms with van der Waals surface area (Å²) in [6.07, 6.45) is -0.00202. The van der Waals surface area contributed by atoms with E-state index in [1.807, 2.05) is 13.8 Å². The summed E-state index contributed by atoms with van der Waals surface area (Å²) < 4.78 is 31.0. The third kappa shape index (κ3) is 5.44. The topological polar surface area (TPSA) is 79.0 Å². The molecule has 1 fully saturated rings. The lowest BCUT2D eigenvalue weighted by Crippen LogP contribution is -2.52. The van der Waals surface area contributed by atoms with Crippen molar-refractivity contribution in [2.45, 2.75) is 39.9 Å². The van der Waals surface area contributed by atoms with Crippen molar-refractivity contribution in [1.82, 2.24) is 14.5 Å². The second-order valence-electron chi connectivity index (χ2n) is 5.29. The van der Waals surface area contributed by atoms with E-state index in [0.717, 1.165) is 0 Å². The summed E-state index contributed by atoms with van der Waals surface area (Å²) in [5.74, 6) is -0.0735. The summed E-state index contributed by atoms with van der Waals surface area (Å²) in [5.41, 5.74) is 0. The number of amides is 2. The van der Waals surface area contributed by atoms with Crippen LogP contribution >= 0.6 is 0 Å². The zero-order valence-electron chi connectivity index (χ0n) is 13.3. The molecule has 1 aliphatic rings. The van der Waals surface area contributed by atoms with Gasteiger partial charge in [-0.1, -0.05) is 13.8 Å². The van der Waals surface area contributed by atoms with Crippen LogP contribution in [0.3, 0.4) is 0 Å². The number of urea groups is 1. The number of hydrogen-bond donors (Lipinski definition) is 1. The van der Waals surface area contributed by atoms with E-state index in [4.69, 9.17) is 4.74 Å². The number of nitrogens with one attached hydrogen (secondary N) is 1. The van der Waals surface area contributed by atoms with E-state index in [9.17, 15) is 13.2 Å². The number of carbonyl (C=O) groups is 1. The normalized spacial score (nSPS) is 23.4. The standard InChI is InChI=1S/C13H27N3O4S/c1-5-16(6-2)21(18,19)8-7-14-13(17)15-9-11(3)20-12(4)10-15/h11-12H,5-10H2,1-4H3,(H,14,17). The first kappa shape index (κ1) is 18.2. The fourth-order valence-corrected chi connectivity index (χ4v) is 3.89. The number of ether oxygens (including phenoxy) is 1. The molecule has 0 aliphatic carbocycles. The monoisotopic (exact) mass is 321 g/mol. The molecule has 7 nitrogen and oxygen atoms in total. The molecule has 21 heavy (non-hydrogen) atoms. The number of carbonyl (C=O) groups excluding carboxylic acids is 1. The molecule has 2 amide bonds. The van der Waals surface area contributed by atoms with Crippen molar-refractivity contribution in [3.05, 3.63) is 0 Å². The van der Waals surface area contributed by atoms with Crippen LogP contribution in [0.5, 0.6) is 0 Å². The molecule has 2 atom stereocenters. The Morgan fingerprint density at radius 1 is 1.24 bits per heavy atom. The van der Waals surface area contributed by atoms with Crippen molar-refractivity contribution in [3.63, 3.8) is 0 Å². The maximum absolute atomic E-state index is 12.0. The molecule has 1 aliphatic heterocycles. The van der Waals surface area contributed by atoms with Crippen molar-refractivity contribution < 1.29 is 17.9 Å². The summed E-state index contributed by atoms with van der Waals surface area (Å²) in [5, 5.41) is 2.68. The summed E-state index contributed by atoms with van der Waals surface area (Å²) in [4.78, 5) is 13.7. The van der Waals surface area contributed by atoms with Crippen molar-refractivity contribution >= 4 is 16.1 Å². The highest BCUT2D eigenvalue weighted by atomic mass is 32.2. The van der Waals surface area contributed by atoms with Crippen molar-refractivity contribution in [2.24, 2.45) is 0 Å². The molecule has 0 bridgehead atoms. The van der Waals surface area contributed by atoms with Gasteiger partial charge in [0, 0.05) is 32.7 Å². The summed E-state index contributed by atoms with van der Waals surface area (Å²) in [7, 11) is -3.30.